The van der Waals surface area contributed by atoms with Gasteiger partial charge in [0.2, 0.25) is 5.91 Å². The van der Waals surface area contributed by atoms with Crippen molar-refractivity contribution in [1.29, 1.82) is 0 Å². The van der Waals surface area contributed by atoms with Gasteiger partial charge in [-0.1, -0.05) is 36.0 Å². The highest BCUT2D eigenvalue weighted by Crippen LogP contribution is 2.31. The lowest BCUT2D eigenvalue weighted by Gasteiger charge is -2.17. The molecule has 180 valence electrons. The molecule has 0 bridgehead atoms. The Morgan fingerprint density at radius 3 is 2.54 bits per heavy atom. The number of aromatic nitrogens is 2. The fourth-order valence-corrected chi connectivity index (χ4v) is 4.37. The summed E-state index contributed by atoms with van der Waals surface area (Å²) in [5.74, 6) is 1.39. The van der Waals surface area contributed by atoms with Gasteiger partial charge in [-0.25, -0.2) is 4.98 Å². The summed E-state index contributed by atoms with van der Waals surface area (Å²) in [6, 6.07) is 19.5. The number of anilines is 1. The Hall–Kier alpha value is -3.98. The van der Waals surface area contributed by atoms with Crippen molar-refractivity contribution in [3.63, 3.8) is 0 Å². The molecule has 0 radical (unpaired) electrons. The Kier molecular flexibility index (Phi) is 7.57. The van der Waals surface area contributed by atoms with E-state index >= 15 is 0 Å². The maximum atomic E-state index is 13.6. The van der Waals surface area contributed by atoms with E-state index in [1.165, 1.54) is 11.7 Å². The molecule has 0 aliphatic rings. The lowest BCUT2D eigenvalue weighted by atomic mass is 10.2. The summed E-state index contributed by atoms with van der Waals surface area (Å²) in [6.45, 7) is 2.36. The van der Waals surface area contributed by atoms with Gasteiger partial charge in [0, 0.05) is 6.07 Å². The van der Waals surface area contributed by atoms with Gasteiger partial charge in [-0.15, -0.1) is 0 Å². The van der Waals surface area contributed by atoms with E-state index in [-0.39, 0.29) is 17.2 Å². The Bertz CT molecular complexity index is 1420. The largest absolute Gasteiger partial charge is 0.497 e. The number of benzene rings is 3. The fourth-order valence-electron chi connectivity index (χ4n) is 3.56. The molecule has 35 heavy (non-hydrogen) atoms. The van der Waals surface area contributed by atoms with Gasteiger partial charge in [-0.05, 0) is 43.3 Å². The molecule has 0 atom stereocenters. The number of nitrogens with zero attached hydrogens (tertiary/aromatic N) is 2. The van der Waals surface area contributed by atoms with Crippen molar-refractivity contribution in [2.75, 3.05) is 31.9 Å². The van der Waals surface area contributed by atoms with Crippen molar-refractivity contribution < 1.29 is 19.0 Å². The molecule has 8 nitrogen and oxygen atoms in total. The van der Waals surface area contributed by atoms with Crippen LogP contribution in [0.1, 0.15) is 6.92 Å². The van der Waals surface area contributed by atoms with Crippen LogP contribution >= 0.6 is 11.8 Å². The van der Waals surface area contributed by atoms with E-state index in [9.17, 15) is 9.59 Å². The van der Waals surface area contributed by atoms with Crippen molar-refractivity contribution >= 4 is 34.3 Å². The third-order valence-corrected chi connectivity index (χ3v) is 6.10. The average molecular weight is 492 g/mol. The molecular weight excluding hydrogens is 466 g/mol. The highest BCUT2D eigenvalue weighted by Gasteiger charge is 2.19. The second-order valence-corrected chi connectivity index (χ2v) is 8.30. The topological polar surface area (TPSA) is 91.7 Å². The third kappa shape index (κ3) is 5.25. The molecule has 9 heteroatoms. The molecule has 4 aromatic rings. The Morgan fingerprint density at radius 2 is 1.77 bits per heavy atom. The Balaban J connectivity index is 1.72. The first-order chi connectivity index (χ1) is 17.0. The monoisotopic (exact) mass is 491 g/mol. The number of amides is 1. The number of carbonyl (C=O) groups excluding carboxylic acids is 1. The molecule has 0 saturated carbocycles. The molecule has 1 amide bonds. The van der Waals surface area contributed by atoms with Crippen LogP contribution in [-0.2, 0) is 4.79 Å². The smallest absolute Gasteiger partial charge is 0.266 e. The number of nitrogens with one attached hydrogen (secondary N) is 1. The van der Waals surface area contributed by atoms with E-state index in [1.807, 2.05) is 25.1 Å². The maximum absolute atomic E-state index is 13.6. The van der Waals surface area contributed by atoms with Gasteiger partial charge in [0.05, 0.1) is 48.9 Å². The van der Waals surface area contributed by atoms with Crippen molar-refractivity contribution in [3.05, 3.63) is 77.1 Å². The number of para-hydroxylation sites is 3. The summed E-state index contributed by atoms with van der Waals surface area (Å²) in [4.78, 5) is 31.1. The SMILES string of the molecule is CCOc1ccccc1NC(=O)CSc1nc2ccccc2c(=O)n1-c1cc(OC)ccc1OC. The average Bonchev–Trinajstić information content (AvgIpc) is 2.88. The number of hydrogen-bond acceptors (Lipinski definition) is 7. The minimum absolute atomic E-state index is 0.0253. The van der Waals surface area contributed by atoms with Gasteiger partial charge in [-0.3, -0.25) is 14.2 Å². The Labute approximate surface area is 206 Å². The molecule has 3 aromatic carbocycles. The van der Waals surface area contributed by atoms with Crippen molar-refractivity contribution in [2.24, 2.45) is 0 Å². The predicted molar refractivity (Wildman–Crippen MR) is 137 cm³/mol. The number of fused-ring (bicyclic) bond motifs is 1. The first-order valence-electron chi connectivity index (χ1n) is 10.9. The third-order valence-electron chi connectivity index (χ3n) is 5.17. The van der Waals surface area contributed by atoms with E-state index < -0.39 is 0 Å². The summed E-state index contributed by atoms with van der Waals surface area (Å²) >= 11 is 1.15. The summed E-state index contributed by atoms with van der Waals surface area (Å²) in [5, 5.41) is 3.68. The van der Waals surface area contributed by atoms with Crippen LogP contribution in [0.25, 0.3) is 16.6 Å². The van der Waals surface area contributed by atoms with Gasteiger partial charge in [0.15, 0.2) is 5.16 Å². The highest BCUT2D eigenvalue weighted by atomic mass is 32.2. The van der Waals surface area contributed by atoms with Crippen LogP contribution in [0, 0.1) is 0 Å². The molecule has 0 saturated heterocycles. The highest BCUT2D eigenvalue weighted by molar-refractivity contribution is 7.99. The van der Waals surface area contributed by atoms with Crippen molar-refractivity contribution in [3.8, 4) is 22.9 Å². The minimum atomic E-state index is -0.272. The van der Waals surface area contributed by atoms with Crippen molar-refractivity contribution in [1.82, 2.24) is 9.55 Å². The maximum Gasteiger partial charge on any atom is 0.266 e. The molecule has 0 spiro atoms. The standard InChI is InChI=1S/C26H25N3O5S/c1-4-34-22-12-8-7-11-20(22)27-24(30)16-35-26-28-19-10-6-5-9-18(19)25(31)29(26)21-15-17(32-2)13-14-23(21)33-3/h5-15H,4,16H2,1-3H3,(H,27,30). The van der Waals surface area contributed by atoms with Crippen LogP contribution in [0.4, 0.5) is 5.69 Å². The molecule has 0 aliphatic heterocycles. The molecule has 0 unspecified atom stereocenters. The molecule has 0 fully saturated rings. The van der Waals surface area contributed by atoms with Crippen LogP contribution in [-0.4, -0.2) is 42.0 Å². The van der Waals surface area contributed by atoms with E-state index in [4.69, 9.17) is 19.2 Å². The number of hydrogen-bond donors (Lipinski definition) is 1. The number of thioether (sulfide) groups is 1. The molecule has 0 aliphatic carbocycles. The first kappa shape index (κ1) is 24.2. The zero-order chi connectivity index (χ0) is 24.8. The summed E-state index contributed by atoms with van der Waals surface area (Å²) in [7, 11) is 3.08. The predicted octanol–water partition coefficient (Wildman–Crippen LogP) is 4.53. The lowest BCUT2D eigenvalue weighted by molar-refractivity contribution is -0.113. The van der Waals surface area contributed by atoms with Crippen LogP contribution in [0.15, 0.2) is 76.7 Å². The lowest BCUT2D eigenvalue weighted by Crippen LogP contribution is -2.23. The van der Waals surface area contributed by atoms with E-state index in [2.05, 4.69) is 5.32 Å². The van der Waals surface area contributed by atoms with Gasteiger partial charge >= 0.3 is 0 Å². The van der Waals surface area contributed by atoms with Crippen LogP contribution in [0.2, 0.25) is 0 Å². The summed E-state index contributed by atoms with van der Waals surface area (Å²) < 4.78 is 17.9. The number of rotatable bonds is 9. The second kappa shape index (κ2) is 11.0. The molecule has 1 heterocycles. The van der Waals surface area contributed by atoms with Gasteiger partial charge in [-0.2, -0.15) is 0 Å². The van der Waals surface area contributed by atoms with Crippen LogP contribution < -0.4 is 25.1 Å². The van der Waals surface area contributed by atoms with E-state index in [0.717, 1.165) is 11.8 Å². The molecule has 1 N–H and O–H groups in total. The van der Waals surface area contributed by atoms with Crippen LogP contribution in [0.5, 0.6) is 17.2 Å². The van der Waals surface area contributed by atoms with Crippen LogP contribution in [0.3, 0.4) is 0 Å². The van der Waals surface area contributed by atoms with Gasteiger partial charge in [0.1, 0.15) is 17.2 Å². The number of methoxy groups -OCH3 is 2. The molecule has 1 aromatic heterocycles. The van der Waals surface area contributed by atoms with Crippen molar-refractivity contribution in [2.45, 2.75) is 12.1 Å². The summed E-state index contributed by atoms with van der Waals surface area (Å²) in [6.07, 6.45) is 0. The number of ether oxygens (including phenoxy) is 3. The van der Waals surface area contributed by atoms with E-state index in [0.29, 0.717) is 51.3 Å². The molecular formula is C26H25N3O5S. The van der Waals surface area contributed by atoms with E-state index in [1.54, 1.807) is 55.6 Å². The van der Waals surface area contributed by atoms with Gasteiger partial charge < -0.3 is 19.5 Å². The molecule has 4 rings (SSSR count). The number of carbonyl (C=O) groups is 1. The summed E-state index contributed by atoms with van der Waals surface area (Å²) in [5.41, 5.74) is 1.32. The zero-order valence-electron chi connectivity index (χ0n) is 19.6. The quantitative estimate of drug-likeness (QED) is 0.272. The fraction of sp³-hybridized carbons (Fsp3) is 0.192. The first-order valence-corrected chi connectivity index (χ1v) is 11.9. The zero-order valence-corrected chi connectivity index (χ0v) is 20.4. The van der Waals surface area contributed by atoms with Gasteiger partial charge in [0.25, 0.3) is 5.56 Å². The minimum Gasteiger partial charge on any atom is -0.497 e. The second-order valence-electron chi connectivity index (χ2n) is 7.36. The Morgan fingerprint density at radius 1 is 1.00 bits per heavy atom. The normalized spacial score (nSPS) is 10.7.